The Hall–Kier alpha value is -1.89. The number of halogens is 1. The number of nitrogens with zero attached hydrogens (tertiary/aromatic N) is 2. The third-order valence-electron chi connectivity index (χ3n) is 3.16. The number of ether oxygens (including phenoxy) is 1. The number of aromatic nitrogens is 3. The minimum absolute atomic E-state index is 0.219. The fourth-order valence-electron chi connectivity index (χ4n) is 2.01. The molecule has 104 valence electrons. The van der Waals surface area contributed by atoms with Crippen molar-refractivity contribution in [3.63, 3.8) is 0 Å². The summed E-state index contributed by atoms with van der Waals surface area (Å²) in [4.78, 5) is 16.8. The van der Waals surface area contributed by atoms with Crippen molar-refractivity contribution in [1.82, 2.24) is 15.2 Å². The van der Waals surface area contributed by atoms with Gasteiger partial charge in [0, 0.05) is 16.6 Å². The van der Waals surface area contributed by atoms with E-state index in [1.807, 2.05) is 0 Å². The predicted molar refractivity (Wildman–Crippen MR) is 77.0 cm³/mol. The summed E-state index contributed by atoms with van der Waals surface area (Å²) in [6, 6.07) is 1.79. The van der Waals surface area contributed by atoms with E-state index in [0.717, 1.165) is 23.0 Å². The van der Waals surface area contributed by atoms with Crippen molar-refractivity contribution in [3.8, 4) is 5.75 Å². The van der Waals surface area contributed by atoms with E-state index in [1.165, 1.54) is 13.3 Å². The number of rotatable bonds is 4. The number of H-pyrrole nitrogens is 1. The van der Waals surface area contributed by atoms with Gasteiger partial charge in [0.25, 0.3) is 5.91 Å². The number of amides is 1. The largest absolute Gasteiger partial charge is 0.491 e. The van der Waals surface area contributed by atoms with Crippen LogP contribution in [0.3, 0.4) is 0 Å². The second-order valence-electron chi connectivity index (χ2n) is 4.63. The van der Waals surface area contributed by atoms with Gasteiger partial charge in [0.2, 0.25) is 0 Å². The molecule has 1 aliphatic carbocycles. The molecule has 0 aliphatic heterocycles. The summed E-state index contributed by atoms with van der Waals surface area (Å²) in [5, 5.41) is 9.30. The summed E-state index contributed by atoms with van der Waals surface area (Å²) in [5.74, 6) is 1.12. The van der Waals surface area contributed by atoms with Crippen LogP contribution in [0.1, 0.15) is 34.8 Å². The SMILES string of the molecule is COc1cn[nH]c1NC(=O)c1cc(Br)cnc1C1CC1. The Morgan fingerprint density at radius 2 is 2.30 bits per heavy atom. The van der Waals surface area contributed by atoms with Gasteiger partial charge in [-0.2, -0.15) is 5.10 Å². The van der Waals surface area contributed by atoms with Crippen LogP contribution in [-0.2, 0) is 0 Å². The standard InChI is InChI=1S/C13H13BrN4O2/c1-20-10-6-16-18-12(10)17-13(19)9-4-8(14)5-15-11(9)7-2-3-7/h4-7H,2-3H2,1H3,(H2,16,17,18,19). The van der Waals surface area contributed by atoms with Crippen LogP contribution in [0.15, 0.2) is 22.9 Å². The quantitative estimate of drug-likeness (QED) is 0.899. The minimum Gasteiger partial charge on any atom is -0.491 e. The second kappa shape index (κ2) is 5.24. The van der Waals surface area contributed by atoms with Crippen LogP contribution in [-0.4, -0.2) is 28.2 Å². The maximum absolute atomic E-state index is 12.4. The Balaban J connectivity index is 1.88. The Bertz CT molecular complexity index is 652. The van der Waals surface area contributed by atoms with Crippen LogP contribution >= 0.6 is 15.9 Å². The lowest BCUT2D eigenvalue weighted by Crippen LogP contribution is -2.15. The Morgan fingerprint density at radius 1 is 1.50 bits per heavy atom. The maximum atomic E-state index is 12.4. The lowest BCUT2D eigenvalue weighted by atomic mass is 10.1. The first-order chi connectivity index (χ1) is 9.69. The number of hydrogen-bond acceptors (Lipinski definition) is 4. The van der Waals surface area contributed by atoms with E-state index in [9.17, 15) is 4.79 Å². The molecule has 6 nitrogen and oxygen atoms in total. The van der Waals surface area contributed by atoms with E-state index in [0.29, 0.717) is 23.0 Å². The first kappa shape index (κ1) is 13.1. The number of methoxy groups -OCH3 is 1. The van der Waals surface area contributed by atoms with Crippen LogP contribution in [0, 0.1) is 0 Å². The Morgan fingerprint density at radius 3 is 3.00 bits per heavy atom. The van der Waals surface area contributed by atoms with Gasteiger partial charge in [0.05, 0.1) is 24.6 Å². The zero-order valence-corrected chi connectivity index (χ0v) is 12.4. The summed E-state index contributed by atoms with van der Waals surface area (Å²) < 4.78 is 5.88. The van der Waals surface area contributed by atoms with Crippen molar-refractivity contribution in [2.45, 2.75) is 18.8 Å². The number of hydrogen-bond donors (Lipinski definition) is 2. The molecular formula is C13H13BrN4O2. The number of carbonyl (C=O) groups is 1. The average Bonchev–Trinajstić information content (AvgIpc) is 3.19. The molecule has 0 spiro atoms. The van der Waals surface area contributed by atoms with Gasteiger partial charge in [0.1, 0.15) is 0 Å². The predicted octanol–water partition coefficient (Wildman–Crippen LogP) is 2.71. The Kier molecular flexibility index (Phi) is 3.43. The topological polar surface area (TPSA) is 79.9 Å². The van der Waals surface area contributed by atoms with Gasteiger partial charge in [0.15, 0.2) is 11.6 Å². The summed E-state index contributed by atoms with van der Waals surface area (Å²) >= 11 is 3.35. The highest BCUT2D eigenvalue weighted by atomic mass is 79.9. The van der Waals surface area contributed by atoms with Gasteiger partial charge < -0.3 is 10.1 Å². The highest BCUT2D eigenvalue weighted by molar-refractivity contribution is 9.10. The molecule has 0 atom stereocenters. The average molecular weight is 337 g/mol. The van der Waals surface area contributed by atoms with Crippen molar-refractivity contribution in [2.24, 2.45) is 0 Å². The molecule has 2 aromatic rings. The monoisotopic (exact) mass is 336 g/mol. The number of carbonyl (C=O) groups excluding carboxylic acids is 1. The maximum Gasteiger partial charge on any atom is 0.258 e. The zero-order chi connectivity index (χ0) is 14.1. The molecule has 3 rings (SSSR count). The fraction of sp³-hybridized carbons (Fsp3) is 0.308. The molecule has 0 aromatic carbocycles. The van der Waals surface area contributed by atoms with E-state index in [4.69, 9.17) is 4.74 Å². The number of nitrogens with one attached hydrogen (secondary N) is 2. The normalized spacial score (nSPS) is 14.1. The van der Waals surface area contributed by atoms with Crippen LogP contribution in [0.5, 0.6) is 5.75 Å². The molecule has 0 radical (unpaired) electrons. The molecule has 2 N–H and O–H groups in total. The van der Waals surface area contributed by atoms with Gasteiger partial charge in [-0.05, 0) is 34.8 Å². The van der Waals surface area contributed by atoms with Gasteiger partial charge in [-0.1, -0.05) is 0 Å². The molecular weight excluding hydrogens is 324 g/mol. The third-order valence-corrected chi connectivity index (χ3v) is 3.59. The smallest absolute Gasteiger partial charge is 0.258 e. The molecule has 0 saturated heterocycles. The number of anilines is 1. The Labute approximate surface area is 124 Å². The van der Waals surface area contributed by atoms with Crippen LogP contribution in [0.2, 0.25) is 0 Å². The van der Waals surface area contributed by atoms with E-state index < -0.39 is 0 Å². The van der Waals surface area contributed by atoms with Crippen molar-refractivity contribution < 1.29 is 9.53 Å². The first-order valence-corrected chi connectivity index (χ1v) is 7.02. The van der Waals surface area contributed by atoms with Crippen LogP contribution < -0.4 is 10.1 Å². The van der Waals surface area contributed by atoms with Gasteiger partial charge in [-0.25, -0.2) is 0 Å². The molecule has 0 bridgehead atoms. The number of pyridine rings is 1. The summed E-state index contributed by atoms with van der Waals surface area (Å²) in [5.41, 5.74) is 1.43. The zero-order valence-electron chi connectivity index (χ0n) is 10.8. The summed E-state index contributed by atoms with van der Waals surface area (Å²) in [6.07, 6.45) is 5.41. The van der Waals surface area contributed by atoms with Crippen molar-refractivity contribution in [1.29, 1.82) is 0 Å². The van der Waals surface area contributed by atoms with Crippen molar-refractivity contribution in [3.05, 3.63) is 34.2 Å². The lowest BCUT2D eigenvalue weighted by molar-refractivity contribution is 0.102. The van der Waals surface area contributed by atoms with E-state index in [2.05, 4.69) is 36.4 Å². The molecule has 0 unspecified atom stereocenters. The van der Waals surface area contributed by atoms with Crippen molar-refractivity contribution in [2.75, 3.05) is 12.4 Å². The minimum atomic E-state index is -0.219. The van der Waals surface area contributed by atoms with Gasteiger partial charge in [-0.3, -0.25) is 14.9 Å². The molecule has 1 fully saturated rings. The molecule has 1 saturated carbocycles. The molecule has 7 heteroatoms. The second-order valence-corrected chi connectivity index (χ2v) is 5.54. The molecule has 1 amide bonds. The fourth-order valence-corrected chi connectivity index (χ4v) is 2.35. The molecule has 20 heavy (non-hydrogen) atoms. The molecule has 2 heterocycles. The summed E-state index contributed by atoms with van der Waals surface area (Å²) in [6.45, 7) is 0. The molecule has 1 aliphatic rings. The van der Waals surface area contributed by atoms with Crippen molar-refractivity contribution >= 4 is 27.7 Å². The third kappa shape index (κ3) is 2.53. The highest BCUT2D eigenvalue weighted by Gasteiger charge is 2.30. The first-order valence-electron chi connectivity index (χ1n) is 6.23. The van der Waals surface area contributed by atoms with E-state index in [-0.39, 0.29) is 5.91 Å². The van der Waals surface area contributed by atoms with Crippen LogP contribution in [0.25, 0.3) is 0 Å². The molecule has 2 aromatic heterocycles. The van der Waals surface area contributed by atoms with Gasteiger partial charge in [-0.15, -0.1) is 0 Å². The lowest BCUT2D eigenvalue weighted by Gasteiger charge is -2.09. The van der Waals surface area contributed by atoms with E-state index >= 15 is 0 Å². The van der Waals surface area contributed by atoms with E-state index in [1.54, 1.807) is 12.3 Å². The summed E-state index contributed by atoms with van der Waals surface area (Å²) in [7, 11) is 1.52. The van der Waals surface area contributed by atoms with Gasteiger partial charge >= 0.3 is 0 Å². The highest BCUT2D eigenvalue weighted by Crippen LogP contribution is 2.41. The number of aromatic amines is 1. The van der Waals surface area contributed by atoms with Crippen LogP contribution in [0.4, 0.5) is 5.82 Å².